The van der Waals surface area contributed by atoms with Crippen molar-refractivity contribution in [3.05, 3.63) is 29.3 Å². The molecule has 1 rings (SSSR count). The van der Waals surface area contributed by atoms with Crippen LogP contribution in [-0.4, -0.2) is 26.6 Å². The van der Waals surface area contributed by atoms with Crippen LogP contribution in [0.1, 0.15) is 15.9 Å². The van der Waals surface area contributed by atoms with E-state index in [2.05, 4.69) is 0 Å². The highest BCUT2D eigenvalue weighted by Gasteiger charge is 2.07. The second-order valence-corrected chi connectivity index (χ2v) is 3.04. The third kappa shape index (κ3) is 2.33. The molecule has 14 heavy (non-hydrogen) atoms. The first kappa shape index (κ1) is 10.7. The van der Waals surface area contributed by atoms with Gasteiger partial charge in [-0.2, -0.15) is 0 Å². The standard InChI is InChI=1S/C11H14O3/c1-8-6-9(10(12)7-13-2)4-5-11(8)14-3/h4-6H,7H2,1-3H3. The van der Waals surface area contributed by atoms with Gasteiger partial charge in [0.05, 0.1) is 7.11 Å². The molecule has 0 spiro atoms. The lowest BCUT2D eigenvalue weighted by atomic mass is 10.1. The lowest BCUT2D eigenvalue weighted by Gasteiger charge is -2.06. The van der Waals surface area contributed by atoms with Gasteiger partial charge in [-0.3, -0.25) is 4.79 Å². The number of rotatable bonds is 4. The highest BCUT2D eigenvalue weighted by atomic mass is 16.5. The molecule has 0 aromatic heterocycles. The number of hydrogen-bond donors (Lipinski definition) is 0. The average Bonchev–Trinajstić information content (AvgIpc) is 2.18. The number of aryl methyl sites for hydroxylation is 1. The summed E-state index contributed by atoms with van der Waals surface area (Å²) in [5.74, 6) is 0.775. The minimum absolute atomic E-state index is 0.0155. The fourth-order valence-electron chi connectivity index (χ4n) is 1.27. The van der Waals surface area contributed by atoms with Gasteiger partial charge in [-0.05, 0) is 30.7 Å². The molecule has 1 aromatic carbocycles. The first-order chi connectivity index (χ1) is 6.69. The zero-order valence-electron chi connectivity index (χ0n) is 8.66. The van der Waals surface area contributed by atoms with Crippen molar-refractivity contribution < 1.29 is 14.3 Å². The Kier molecular flexibility index (Phi) is 3.65. The Morgan fingerprint density at radius 1 is 1.36 bits per heavy atom. The van der Waals surface area contributed by atoms with E-state index in [4.69, 9.17) is 9.47 Å². The second-order valence-electron chi connectivity index (χ2n) is 3.04. The molecule has 0 aliphatic carbocycles. The van der Waals surface area contributed by atoms with Gasteiger partial charge >= 0.3 is 0 Å². The van der Waals surface area contributed by atoms with Crippen LogP contribution in [0.4, 0.5) is 0 Å². The lowest BCUT2D eigenvalue weighted by Crippen LogP contribution is -2.07. The third-order valence-electron chi connectivity index (χ3n) is 1.99. The summed E-state index contributed by atoms with van der Waals surface area (Å²) in [6, 6.07) is 5.34. The molecule has 0 amide bonds. The Morgan fingerprint density at radius 3 is 2.57 bits per heavy atom. The van der Waals surface area contributed by atoms with E-state index in [9.17, 15) is 4.79 Å². The molecular formula is C11H14O3. The number of hydrogen-bond acceptors (Lipinski definition) is 3. The predicted molar refractivity (Wildman–Crippen MR) is 53.9 cm³/mol. The Morgan fingerprint density at radius 2 is 2.07 bits per heavy atom. The molecule has 0 heterocycles. The van der Waals surface area contributed by atoms with E-state index in [0.29, 0.717) is 5.56 Å². The molecule has 76 valence electrons. The largest absolute Gasteiger partial charge is 0.496 e. The molecule has 0 N–H and O–H groups in total. The first-order valence-electron chi connectivity index (χ1n) is 4.36. The van der Waals surface area contributed by atoms with Crippen molar-refractivity contribution in [2.75, 3.05) is 20.8 Å². The van der Waals surface area contributed by atoms with Gasteiger partial charge in [0, 0.05) is 12.7 Å². The molecule has 3 heteroatoms. The quantitative estimate of drug-likeness (QED) is 0.686. The number of carbonyl (C=O) groups is 1. The van der Waals surface area contributed by atoms with Crippen LogP contribution in [0.15, 0.2) is 18.2 Å². The fourth-order valence-corrected chi connectivity index (χ4v) is 1.27. The van der Waals surface area contributed by atoms with E-state index >= 15 is 0 Å². The van der Waals surface area contributed by atoms with Crippen LogP contribution in [0.3, 0.4) is 0 Å². The molecule has 0 saturated heterocycles. The van der Waals surface area contributed by atoms with Crippen LogP contribution >= 0.6 is 0 Å². The summed E-state index contributed by atoms with van der Waals surface area (Å²) in [7, 11) is 3.12. The molecule has 1 aromatic rings. The first-order valence-corrected chi connectivity index (χ1v) is 4.36. The van der Waals surface area contributed by atoms with Crippen molar-refractivity contribution in [2.45, 2.75) is 6.92 Å². The van der Waals surface area contributed by atoms with Crippen LogP contribution in [0.2, 0.25) is 0 Å². The average molecular weight is 194 g/mol. The molecule has 0 fully saturated rings. The molecule has 3 nitrogen and oxygen atoms in total. The number of ether oxygens (including phenoxy) is 2. The smallest absolute Gasteiger partial charge is 0.188 e. The highest BCUT2D eigenvalue weighted by molar-refractivity contribution is 5.97. The van der Waals surface area contributed by atoms with Gasteiger partial charge in [0.25, 0.3) is 0 Å². The van der Waals surface area contributed by atoms with E-state index in [-0.39, 0.29) is 12.4 Å². The highest BCUT2D eigenvalue weighted by Crippen LogP contribution is 2.18. The van der Waals surface area contributed by atoms with E-state index in [1.54, 1.807) is 25.3 Å². The summed E-state index contributed by atoms with van der Waals surface area (Å²) >= 11 is 0. The van der Waals surface area contributed by atoms with E-state index in [1.807, 2.05) is 6.92 Å². The van der Waals surface area contributed by atoms with Gasteiger partial charge < -0.3 is 9.47 Å². The molecule has 0 atom stereocenters. The topological polar surface area (TPSA) is 35.5 Å². The molecule has 0 bridgehead atoms. The number of methoxy groups -OCH3 is 2. The predicted octanol–water partition coefficient (Wildman–Crippen LogP) is 1.83. The van der Waals surface area contributed by atoms with E-state index in [0.717, 1.165) is 11.3 Å². The van der Waals surface area contributed by atoms with Crippen molar-refractivity contribution in [3.63, 3.8) is 0 Å². The zero-order valence-corrected chi connectivity index (χ0v) is 8.66. The lowest BCUT2D eigenvalue weighted by molar-refractivity contribution is 0.0848. The second kappa shape index (κ2) is 4.77. The minimum atomic E-state index is -0.0155. The number of carbonyl (C=O) groups excluding carboxylic acids is 1. The third-order valence-corrected chi connectivity index (χ3v) is 1.99. The Hall–Kier alpha value is -1.35. The van der Waals surface area contributed by atoms with Crippen LogP contribution in [0.25, 0.3) is 0 Å². The molecular weight excluding hydrogens is 180 g/mol. The van der Waals surface area contributed by atoms with Crippen molar-refractivity contribution >= 4 is 5.78 Å². The number of benzene rings is 1. The van der Waals surface area contributed by atoms with Crippen LogP contribution in [0.5, 0.6) is 5.75 Å². The van der Waals surface area contributed by atoms with Crippen LogP contribution in [-0.2, 0) is 4.74 Å². The summed E-state index contributed by atoms with van der Waals surface area (Å²) in [4.78, 5) is 11.4. The normalized spacial score (nSPS) is 9.93. The van der Waals surface area contributed by atoms with Gasteiger partial charge in [0.1, 0.15) is 12.4 Å². The fraction of sp³-hybridized carbons (Fsp3) is 0.364. The Labute approximate surface area is 83.6 Å². The summed E-state index contributed by atoms with van der Waals surface area (Å²) in [5, 5.41) is 0. The van der Waals surface area contributed by atoms with Crippen LogP contribution in [0, 0.1) is 6.92 Å². The zero-order chi connectivity index (χ0) is 10.6. The van der Waals surface area contributed by atoms with E-state index in [1.165, 1.54) is 7.11 Å². The molecule has 0 saturated carbocycles. The maximum atomic E-state index is 11.4. The molecule has 0 radical (unpaired) electrons. The van der Waals surface area contributed by atoms with Gasteiger partial charge in [-0.25, -0.2) is 0 Å². The number of Topliss-reactive ketones (excluding diaryl/α,β-unsaturated/α-hetero) is 1. The summed E-state index contributed by atoms with van der Waals surface area (Å²) in [6.07, 6.45) is 0. The molecule has 0 aliphatic heterocycles. The van der Waals surface area contributed by atoms with E-state index < -0.39 is 0 Å². The van der Waals surface area contributed by atoms with Crippen LogP contribution < -0.4 is 4.74 Å². The molecule has 0 aliphatic rings. The monoisotopic (exact) mass is 194 g/mol. The van der Waals surface area contributed by atoms with Crippen molar-refractivity contribution in [1.29, 1.82) is 0 Å². The van der Waals surface area contributed by atoms with Crippen molar-refractivity contribution in [3.8, 4) is 5.75 Å². The number of ketones is 1. The minimum Gasteiger partial charge on any atom is -0.496 e. The summed E-state index contributed by atoms with van der Waals surface area (Å²) in [6.45, 7) is 2.02. The Balaban J connectivity index is 2.91. The molecule has 0 unspecified atom stereocenters. The Bertz CT molecular complexity index is 331. The van der Waals surface area contributed by atoms with Crippen molar-refractivity contribution in [2.24, 2.45) is 0 Å². The van der Waals surface area contributed by atoms with Crippen molar-refractivity contribution in [1.82, 2.24) is 0 Å². The van der Waals surface area contributed by atoms with Gasteiger partial charge in [-0.1, -0.05) is 0 Å². The maximum absolute atomic E-state index is 11.4. The van der Waals surface area contributed by atoms with Gasteiger partial charge in [0.15, 0.2) is 5.78 Å². The summed E-state index contributed by atoms with van der Waals surface area (Å²) < 4.78 is 9.87. The SMILES string of the molecule is COCC(=O)c1ccc(OC)c(C)c1. The maximum Gasteiger partial charge on any atom is 0.188 e. The van der Waals surface area contributed by atoms with Gasteiger partial charge in [-0.15, -0.1) is 0 Å². The summed E-state index contributed by atoms with van der Waals surface area (Å²) in [5.41, 5.74) is 1.61. The van der Waals surface area contributed by atoms with Gasteiger partial charge in [0.2, 0.25) is 0 Å².